The molecule has 0 bridgehead atoms. The second-order valence-corrected chi connectivity index (χ2v) is 6.22. The molecule has 1 amide bonds. The number of thioether (sulfide) groups is 1. The van der Waals surface area contributed by atoms with E-state index >= 15 is 0 Å². The van der Waals surface area contributed by atoms with Crippen LogP contribution in [0.1, 0.15) is 20.3 Å². The van der Waals surface area contributed by atoms with Gasteiger partial charge in [0.15, 0.2) is 0 Å². The summed E-state index contributed by atoms with van der Waals surface area (Å²) in [5.74, 6) is -0.0115. The van der Waals surface area contributed by atoms with Crippen molar-refractivity contribution in [2.45, 2.75) is 30.7 Å². The summed E-state index contributed by atoms with van der Waals surface area (Å²) in [4.78, 5) is 16.3. The van der Waals surface area contributed by atoms with E-state index in [2.05, 4.69) is 15.4 Å². The van der Waals surface area contributed by atoms with Gasteiger partial charge in [0.05, 0.1) is 10.9 Å². The third kappa shape index (κ3) is 5.69. The molecule has 6 nitrogen and oxygen atoms in total. The highest BCUT2D eigenvalue weighted by molar-refractivity contribution is 8.00. The molecular weight excluding hydrogens is 312 g/mol. The van der Waals surface area contributed by atoms with Crippen molar-refractivity contribution in [3.63, 3.8) is 0 Å². The average molecular weight is 334 g/mol. The minimum absolute atomic E-state index is 0.0115. The molecule has 0 fully saturated rings. The first-order chi connectivity index (χ1) is 11.2. The first kappa shape index (κ1) is 17.5. The van der Waals surface area contributed by atoms with Crippen molar-refractivity contribution in [1.82, 2.24) is 20.1 Å². The minimum Gasteiger partial charge on any atom is -0.382 e. The molecular formula is C16H22N4O2S. The van der Waals surface area contributed by atoms with Crippen LogP contribution < -0.4 is 5.32 Å². The molecule has 2 aromatic rings. The van der Waals surface area contributed by atoms with Crippen molar-refractivity contribution >= 4 is 17.7 Å². The summed E-state index contributed by atoms with van der Waals surface area (Å²) >= 11 is 1.35. The molecule has 1 aromatic heterocycles. The molecule has 0 saturated carbocycles. The van der Waals surface area contributed by atoms with Gasteiger partial charge in [-0.15, -0.1) is 5.10 Å². The number of ether oxygens (including phenoxy) is 1. The summed E-state index contributed by atoms with van der Waals surface area (Å²) < 4.78 is 6.94. The van der Waals surface area contributed by atoms with Gasteiger partial charge < -0.3 is 10.1 Å². The number of para-hydroxylation sites is 1. The number of benzene rings is 1. The van der Waals surface area contributed by atoms with Gasteiger partial charge in [-0.1, -0.05) is 30.0 Å². The van der Waals surface area contributed by atoms with E-state index in [0.29, 0.717) is 24.9 Å². The van der Waals surface area contributed by atoms with E-state index in [0.717, 1.165) is 12.1 Å². The number of rotatable bonds is 9. The summed E-state index contributed by atoms with van der Waals surface area (Å²) in [5.41, 5.74) is 0.944. The smallest absolute Gasteiger partial charge is 0.233 e. The lowest BCUT2D eigenvalue weighted by atomic mass is 10.3. The average Bonchev–Trinajstić information content (AvgIpc) is 3.03. The van der Waals surface area contributed by atoms with Gasteiger partial charge in [-0.2, -0.15) is 0 Å². The molecule has 0 radical (unpaired) electrons. The second-order valence-electron chi connectivity index (χ2n) is 4.91. The standard InChI is InChI=1S/C16H22N4O2S/c1-3-22-11-7-10-17-15(21)13(2)23-16-18-12-20(19-16)14-8-5-4-6-9-14/h4-6,8-9,12-13H,3,7,10-11H2,1-2H3,(H,17,21). The van der Waals surface area contributed by atoms with E-state index in [-0.39, 0.29) is 11.2 Å². The summed E-state index contributed by atoms with van der Waals surface area (Å²) in [6, 6.07) is 9.76. The summed E-state index contributed by atoms with van der Waals surface area (Å²) in [6.45, 7) is 5.80. The first-order valence-electron chi connectivity index (χ1n) is 7.70. The van der Waals surface area contributed by atoms with E-state index in [9.17, 15) is 4.79 Å². The van der Waals surface area contributed by atoms with Crippen LogP contribution in [0.4, 0.5) is 0 Å². The quantitative estimate of drug-likeness (QED) is 0.563. The van der Waals surface area contributed by atoms with Crippen molar-refractivity contribution in [3.8, 4) is 5.69 Å². The van der Waals surface area contributed by atoms with Crippen LogP contribution in [0, 0.1) is 0 Å². The van der Waals surface area contributed by atoms with Gasteiger partial charge in [0, 0.05) is 19.8 Å². The number of carbonyl (C=O) groups excluding carboxylic acids is 1. The van der Waals surface area contributed by atoms with Gasteiger partial charge in [0.2, 0.25) is 11.1 Å². The highest BCUT2D eigenvalue weighted by Crippen LogP contribution is 2.19. The van der Waals surface area contributed by atoms with Crippen LogP contribution in [-0.2, 0) is 9.53 Å². The number of carbonyl (C=O) groups is 1. The van der Waals surface area contributed by atoms with E-state index in [1.165, 1.54) is 11.8 Å². The Hall–Kier alpha value is -1.86. The molecule has 2 rings (SSSR count). The summed E-state index contributed by atoms with van der Waals surface area (Å²) in [6.07, 6.45) is 2.47. The minimum atomic E-state index is -0.242. The monoisotopic (exact) mass is 334 g/mol. The molecule has 0 aliphatic rings. The van der Waals surface area contributed by atoms with Crippen LogP contribution in [0.3, 0.4) is 0 Å². The molecule has 124 valence electrons. The van der Waals surface area contributed by atoms with Crippen LogP contribution in [0.2, 0.25) is 0 Å². The molecule has 0 aliphatic carbocycles. The zero-order valence-electron chi connectivity index (χ0n) is 13.4. The maximum absolute atomic E-state index is 12.0. The molecule has 1 atom stereocenters. The van der Waals surface area contributed by atoms with Gasteiger partial charge in [-0.3, -0.25) is 4.79 Å². The Morgan fingerprint density at radius 2 is 2.17 bits per heavy atom. The van der Waals surface area contributed by atoms with Crippen LogP contribution in [0.5, 0.6) is 0 Å². The van der Waals surface area contributed by atoms with Crippen molar-refractivity contribution < 1.29 is 9.53 Å². The Morgan fingerprint density at radius 1 is 1.39 bits per heavy atom. The predicted octanol–water partition coefficient (Wildman–Crippen LogP) is 2.29. The number of aromatic nitrogens is 3. The third-order valence-electron chi connectivity index (χ3n) is 3.11. The molecule has 7 heteroatoms. The first-order valence-corrected chi connectivity index (χ1v) is 8.58. The van der Waals surface area contributed by atoms with Crippen molar-refractivity contribution in [2.24, 2.45) is 0 Å². The van der Waals surface area contributed by atoms with Crippen molar-refractivity contribution in [3.05, 3.63) is 36.7 Å². The van der Waals surface area contributed by atoms with E-state index < -0.39 is 0 Å². The second kappa shape index (κ2) is 9.32. The van der Waals surface area contributed by atoms with Crippen LogP contribution in [-0.4, -0.2) is 45.7 Å². The predicted molar refractivity (Wildman–Crippen MR) is 90.8 cm³/mol. The number of amides is 1. The number of hydrogen-bond donors (Lipinski definition) is 1. The number of nitrogens with one attached hydrogen (secondary N) is 1. The van der Waals surface area contributed by atoms with Crippen LogP contribution in [0.15, 0.2) is 41.8 Å². The highest BCUT2D eigenvalue weighted by Gasteiger charge is 2.16. The molecule has 1 unspecified atom stereocenters. The Kier molecular flexibility index (Phi) is 7.09. The van der Waals surface area contributed by atoms with E-state index in [4.69, 9.17) is 4.74 Å². The molecule has 1 heterocycles. The van der Waals surface area contributed by atoms with Gasteiger partial charge in [0.1, 0.15) is 6.33 Å². The number of nitrogens with zero attached hydrogens (tertiary/aromatic N) is 3. The SMILES string of the molecule is CCOCCCNC(=O)C(C)Sc1ncn(-c2ccccc2)n1. The Balaban J connectivity index is 1.80. The highest BCUT2D eigenvalue weighted by atomic mass is 32.2. The molecule has 1 aromatic carbocycles. The van der Waals surface area contributed by atoms with E-state index in [1.807, 2.05) is 44.2 Å². The maximum atomic E-state index is 12.0. The summed E-state index contributed by atoms with van der Waals surface area (Å²) in [7, 11) is 0. The summed E-state index contributed by atoms with van der Waals surface area (Å²) in [5, 5.41) is 7.64. The van der Waals surface area contributed by atoms with Crippen molar-refractivity contribution in [1.29, 1.82) is 0 Å². The lowest BCUT2D eigenvalue weighted by Gasteiger charge is -2.10. The lowest BCUT2D eigenvalue weighted by Crippen LogP contribution is -2.32. The fourth-order valence-electron chi connectivity index (χ4n) is 1.89. The van der Waals surface area contributed by atoms with Crippen LogP contribution >= 0.6 is 11.8 Å². The van der Waals surface area contributed by atoms with Gasteiger partial charge in [-0.25, -0.2) is 9.67 Å². The zero-order chi connectivity index (χ0) is 16.5. The molecule has 1 N–H and O–H groups in total. The topological polar surface area (TPSA) is 69.0 Å². The maximum Gasteiger partial charge on any atom is 0.233 e. The normalized spacial score (nSPS) is 12.1. The van der Waals surface area contributed by atoms with E-state index in [1.54, 1.807) is 11.0 Å². The Bertz CT molecular complexity index is 603. The fourth-order valence-corrected chi connectivity index (χ4v) is 2.64. The third-order valence-corrected chi connectivity index (χ3v) is 4.08. The molecule has 23 heavy (non-hydrogen) atoms. The fraction of sp³-hybridized carbons (Fsp3) is 0.438. The number of hydrogen-bond acceptors (Lipinski definition) is 5. The van der Waals surface area contributed by atoms with Crippen molar-refractivity contribution in [2.75, 3.05) is 19.8 Å². The van der Waals surface area contributed by atoms with Gasteiger partial charge in [0.25, 0.3) is 0 Å². The van der Waals surface area contributed by atoms with Gasteiger partial charge >= 0.3 is 0 Å². The largest absolute Gasteiger partial charge is 0.382 e. The van der Waals surface area contributed by atoms with Crippen LogP contribution in [0.25, 0.3) is 5.69 Å². The zero-order valence-corrected chi connectivity index (χ0v) is 14.3. The Morgan fingerprint density at radius 3 is 2.91 bits per heavy atom. The molecule has 0 saturated heterocycles. The molecule has 0 spiro atoms. The lowest BCUT2D eigenvalue weighted by molar-refractivity contribution is -0.120. The Labute approximate surface area is 140 Å². The molecule has 0 aliphatic heterocycles. The van der Waals surface area contributed by atoms with Gasteiger partial charge in [-0.05, 0) is 32.4 Å².